The van der Waals surface area contributed by atoms with Crippen molar-refractivity contribution in [2.45, 2.75) is 13.2 Å². The third-order valence-electron chi connectivity index (χ3n) is 2.72. The van der Waals surface area contributed by atoms with Crippen molar-refractivity contribution in [3.05, 3.63) is 59.4 Å². The summed E-state index contributed by atoms with van der Waals surface area (Å²) in [4.78, 5) is 16.1. The van der Waals surface area contributed by atoms with Gasteiger partial charge < -0.3 is 16.2 Å². The summed E-state index contributed by atoms with van der Waals surface area (Å²) >= 11 is 0. The van der Waals surface area contributed by atoms with E-state index in [4.69, 9.17) is 5.73 Å². The molecule has 1 amide bonds. The zero-order chi connectivity index (χ0) is 13.7. The van der Waals surface area contributed by atoms with E-state index in [1.54, 1.807) is 42.6 Å². The highest BCUT2D eigenvalue weighted by atomic mass is 16.3. The zero-order valence-electron chi connectivity index (χ0n) is 10.3. The lowest BCUT2D eigenvalue weighted by molar-refractivity contribution is 0.102. The minimum atomic E-state index is -0.252. The lowest BCUT2D eigenvalue weighted by Crippen LogP contribution is -2.14. The van der Waals surface area contributed by atoms with E-state index in [9.17, 15) is 9.90 Å². The average molecular weight is 257 g/mol. The first kappa shape index (κ1) is 13.2. The number of amides is 1. The molecule has 2 aromatic rings. The number of nitrogens with two attached hydrogens (primary N) is 1. The van der Waals surface area contributed by atoms with Gasteiger partial charge in [0.1, 0.15) is 0 Å². The lowest BCUT2D eigenvalue weighted by Gasteiger charge is -2.09. The third-order valence-corrected chi connectivity index (χ3v) is 2.72. The summed E-state index contributed by atoms with van der Waals surface area (Å²) < 4.78 is 0. The number of aromatic nitrogens is 1. The Morgan fingerprint density at radius 1 is 1.32 bits per heavy atom. The molecule has 0 radical (unpaired) electrons. The zero-order valence-corrected chi connectivity index (χ0v) is 10.3. The van der Waals surface area contributed by atoms with Crippen molar-refractivity contribution in [3.63, 3.8) is 0 Å². The smallest absolute Gasteiger partial charge is 0.255 e. The molecule has 0 aliphatic carbocycles. The van der Waals surface area contributed by atoms with Crippen molar-refractivity contribution in [2.75, 3.05) is 5.32 Å². The average Bonchev–Trinajstić information content (AvgIpc) is 2.47. The first-order valence-electron chi connectivity index (χ1n) is 5.89. The predicted octanol–water partition coefficient (Wildman–Crippen LogP) is 1.28. The van der Waals surface area contributed by atoms with Crippen LogP contribution in [0.5, 0.6) is 0 Å². The molecule has 0 aliphatic heterocycles. The quantitative estimate of drug-likeness (QED) is 0.770. The Morgan fingerprint density at radius 2 is 2.11 bits per heavy atom. The van der Waals surface area contributed by atoms with Crippen LogP contribution in [0, 0.1) is 0 Å². The van der Waals surface area contributed by atoms with Crippen molar-refractivity contribution in [1.82, 2.24) is 4.98 Å². The molecule has 0 bridgehead atoms. The molecule has 0 aliphatic rings. The molecule has 4 N–H and O–H groups in total. The van der Waals surface area contributed by atoms with Crippen LogP contribution in [0.25, 0.3) is 0 Å². The van der Waals surface area contributed by atoms with Gasteiger partial charge in [0.15, 0.2) is 0 Å². The Labute approximate surface area is 111 Å². The van der Waals surface area contributed by atoms with Crippen LogP contribution >= 0.6 is 0 Å². The van der Waals surface area contributed by atoms with E-state index in [2.05, 4.69) is 10.3 Å². The van der Waals surface area contributed by atoms with Crippen molar-refractivity contribution >= 4 is 11.6 Å². The molecule has 0 atom stereocenters. The van der Waals surface area contributed by atoms with Crippen LogP contribution in [-0.2, 0) is 13.2 Å². The molecular weight excluding hydrogens is 242 g/mol. The van der Waals surface area contributed by atoms with E-state index in [1.165, 1.54) is 0 Å². The number of rotatable bonds is 4. The minimum absolute atomic E-state index is 0.124. The summed E-state index contributed by atoms with van der Waals surface area (Å²) in [6, 6.07) is 10.4. The van der Waals surface area contributed by atoms with Gasteiger partial charge in [-0.1, -0.05) is 18.2 Å². The number of pyridine rings is 1. The first-order chi connectivity index (χ1) is 9.24. The van der Waals surface area contributed by atoms with Gasteiger partial charge in [0.25, 0.3) is 5.91 Å². The number of nitrogens with one attached hydrogen (secondary N) is 1. The van der Waals surface area contributed by atoms with Gasteiger partial charge in [-0.3, -0.25) is 9.78 Å². The van der Waals surface area contributed by atoms with E-state index < -0.39 is 0 Å². The summed E-state index contributed by atoms with van der Waals surface area (Å²) in [6.45, 7) is 0.162. The predicted molar refractivity (Wildman–Crippen MR) is 72.4 cm³/mol. The third kappa shape index (κ3) is 3.15. The fraction of sp³-hybridized carbons (Fsp3) is 0.143. The number of carbonyl (C=O) groups is 1. The van der Waals surface area contributed by atoms with Crippen LogP contribution in [0.1, 0.15) is 21.6 Å². The Balaban J connectivity index is 2.20. The van der Waals surface area contributed by atoms with Crippen molar-refractivity contribution < 1.29 is 9.90 Å². The van der Waals surface area contributed by atoms with Crippen LogP contribution in [-0.4, -0.2) is 16.0 Å². The molecule has 98 valence electrons. The highest BCUT2D eigenvalue weighted by Gasteiger charge is 2.09. The Hall–Kier alpha value is -2.24. The molecular formula is C14H15N3O2. The lowest BCUT2D eigenvalue weighted by atomic mass is 10.1. The molecule has 19 heavy (non-hydrogen) atoms. The van der Waals surface area contributed by atoms with E-state index in [1.807, 2.05) is 0 Å². The summed E-state index contributed by atoms with van der Waals surface area (Å²) in [5.74, 6) is -0.252. The number of carbonyl (C=O) groups excluding carboxylic acids is 1. The van der Waals surface area contributed by atoms with Crippen molar-refractivity contribution in [1.29, 1.82) is 0 Å². The number of para-hydroxylation sites is 1. The highest BCUT2D eigenvalue weighted by Crippen LogP contribution is 2.16. The summed E-state index contributed by atoms with van der Waals surface area (Å²) in [5.41, 5.74) is 7.90. The second kappa shape index (κ2) is 6.08. The second-order valence-corrected chi connectivity index (χ2v) is 4.01. The van der Waals surface area contributed by atoms with E-state index in [0.29, 0.717) is 22.5 Å². The van der Waals surface area contributed by atoms with Gasteiger partial charge in [-0.2, -0.15) is 0 Å². The largest absolute Gasteiger partial charge is 0.392 e. The van der Waals surface area contributed by atoms with Crippen LogP contribution in [0.3, 0.4) is 0 Å². The maximum atomic E-state index is 12.1. The van der Waals surface area contributed by atoms with Crippen LogP contribution < -0.4 is 11.1 Å². The number of nitrogens with zero attached hydrogens (tertiary/aromatic N) is 1. The SMILES string of the molecule is NCc1cc(C(=O)Nc2ccccc2CO)ccn1. The minimum Gasteiger partial charge on any atom is -0.392 e. The molecule has 0 saturated heterocycles. The molecule has 0 spiro atoms. The maximum Gasteiger partial charge on any atom is 0.255 e. The Kier molecular flexibility index (Phi) is 4.22. The van der Waals surface area contributed by atoms with Crippen molar-refractivity contribution in [2.24, 2.45) is 5.73 Å². The van der Waals surface area contributed by atoms with Gasteiger partial charge in [-0.15, -0.1) is 0 Å². The number of hydrogen-bond acceptors (Lipinski definition) is 4. The fourth-order valence-electron chi connectivity index (χ4n) is 1.71. The van der Waals surface area contributed by atoms with Crippen LogP contribution in [0.2, 0.25) is 0 Å². The summed E-state index contributed by atoms with van der Waals surface area (Å²) in [5, 5.41) is 12.0. The van der Waals surface area contributed by atoms with Crippen LogP contribution in [0.4, 0.5) is 5.69 Å². The molecule has 2 rings (SSSR count). The summed E-state index contributed by atoms with van der Waals surface area (Å²) in [6.07, 6.45) is 1.55. The monoisotopic (exact) mass is 257 g/mol. The Bertz CT molecular complexity index is 584. The second-order valence-electron chi connectivity index (χ2n) is 4.01. The number of aliphatic hydroxyl groups is 1. The highest BCUT2D eigenvalue weighted by molar-refractivity contribution is 6.04. The Morgan fingerprint density at radius 3 is 2.84 bits per heavy atom. The van der Waals surface area contributed by atoms with E-state index >= 15 is 0 Å². The van der Waals surface area contributed by atoms with Gasteiger partial charge in [-0.25, -0.2) is 0 Å². The molecule has 1 aromatic carbocycles. The van der Waals surface area contributed by atoms with Gasteiger partial charge >= 0.3 is 0 Å². The normalized spacial score (nSPS) is 10.2. The molecule has 1 heterocycles. The van der Waals surface area contributed by atoms with Gasteiger partial charge in [-0.05, 0) is 18.2 Å². The molecule has 5 heteroatoms. The molecule has 5 nitrogen and oxygen atoms in total. The number of anilines is 1. The van der Waals surface area contributed by atoms with Gasteiger partial charge in [0, 0.05) is 29.6 Å². The van der Waals surface area contributed by atoms with Gasteiger partial charge in [0.05, 0.1) is 12.3 Å². The summed E-state index contributed by atoms with van der Waals surface area (Å²) in [7, 11) is 0. The number of aliphatic hydroxyl groups excluding tert-OH is 1. The van der Waals surface area contributed by atoms with Crippen molar-refractivity contribution in [3.8, 4) is 0 Å². The topological polar surface area (TPSA) is 88.2 Å². The van der Waals surface area contributed by atoms with E-state index in [0.717, 1.165) is 0 Å². The maximum absolute atomic E-state index is 12.1. The standard InChI is InChI=1S/C14H15N3O2/c15-8-12-7-10(5-6-16-12)14(19)17-13-4-2-1-3-11(13)9-18/h1-7,18H,8-9,15H2,(H,17,19). The van der Waals surface area contributed by atoms with E-state index in [-0.39, 0.29) is 19.1 Å². The molecule has 1 aromatic heterocycles. The number of benzene rings is 1. The number of hydrogen-bond donors (Lipinski definition) is 3. The van der Waals surface area contributed by atoms with Crippen LogP contribution in [0.15, 0.2) is 42.6 Å². The van der Waals surface area contributed by atoms with Gasteiger partial charge in [0.2, 0.25) is 0 Å². The molecule has 0 saturated carbocycles. The first-order valence-corrected chi connectivity index (χ1v) is 5.89. The molecule has 0 unspecified atom stereocenters. The fourth-order valence-corrected chi connectivity index (χ4v) is 1.71. The molecule has 0 fully saturated rings.